The van der Waals surface area contributed by atoms with Gasteiger partial charge in [0, 0.05) is 0 Å². The highest BCUT2D eigenvalue weighted by molar-refractivity contribution is 7.15. The fraction of sp³-hybridized carbons (Fsp3) is 0.103. The van der Waals surface area contributed by atoms with Gasteiger partial charge in [0.05, 0.1) is 15.6 Å². The van der Waals surface area contributed by atoms with Crippen molar-refractivity contribution in [3.05, 3.63) is 116 Å². The van der Waals surface area contributed by atoms with Gasteiger partial charge in [0.15, 0.2) is 4.96 Å². The van der Waals surface area contributed by atoms with Gasteiger partial charge in [0.25, 0.3) is 5.56 Å². The summed E-state index contributed by atoms with van der Waals surface area (Å²) in [5.74, 6) is 0.797. The zero-order valence-corrected chi connectivity index (χ0v) is 19.7. The second-order valence-corrected chi connectivity index (χ2v) is 9.58. The van der Waals surface area contributed by atoms with Crippen LogP contribution in [0.5, 0.6) is 5.75 Å². The lowest BCUT2D eigenvalue weighted by atomic mass is 10.1. The monoisotopic (exact) mass is 462 g/mol. The Labute approximate surface area is 200 Å². The van der Waals surface area contributed by atoms with Crippen LogP contribution in [0.4, 0.5) is 0 Å². The zero-order chi connectivity index (χ0) is 23.2. The van der Waals surface area contributed by atoms with Crippen molar-refractivity contribution in [1.82, 2.24) is 9.38 Å². The zero-order valence-electron chi connectivity index (χ0n) is 18.9. The van der Waals surface area contributed by atoms with E-state index in [-0.39, 0.29) is 5.56 Å². The van der Waals surface area contributed by atoms with Crippen molar-refractivity contribution in [2.75, 3.05) is 0 Å². The quantitative estimate of drug-likeness (QED) is 0.332. The minimum atomic E-state index is -0.0259. The highest BCUT2D eigenvalue weighted by Crippen LogP contribution is 2.22. The van der Waals surface area contributed by atoms with E-state index in [0.29, 0.717) is 11.1 Å². The van der Waals surface area contributed by atoms with Crippen LogP contribution in [0.2, 0.25) is 0 Å². The summed E-state index contributed by atoms with van der Waals surface area (Å²) in [6.07, 6.45) is 1.92. The number of aromatic nitrogens is 2. The van der Waals surface area contributed by atoms with Gasteiger partial charge in [-0.3, -0.25) is 4.79 Å². The molecule has 0 N–H and O–H groups in total. The van der Waals surface area contributed by atoms with Crippen molar-refractivity contribution in [2.24, 2.45) is 0 Å². The molecular weight excluding hydrogens is 440 g/mol. The van der Waals surface area contributed by atoms with Crippen LogP contribution in [0.1, 0.15) is 22.3 Å². The molecular formula is C29H22N2O2S. The molecule has 0 amide bonds. The smallest absolute Gasteiger partial charge is 0.274 e. The summed E-state index contributed by atoms with van der Waals surface area (Å²) in [4.78, 5) is 18.5. The van der Waals surface area contributed by atoms with Gasteiger partial charge in [0.1, 0.15) is 12.4 Å². The average Bonchev–Trinajstić information content (AvgIpc) is 3.34. The Balaban J connectivity index is 1.27. The molecule has 0 fully saturated rings. The van der Waals surface area contributed by atoms with Gasteiger partial charge in [0.2, 0.25) is 0 Å². The van der Waals surface area contributed by atoms with Crippen molar-refractivity contribution in [3.63, 3.8) is 0 Å². The maximum absolute atomic E-state index is 13.1. The average molecular weight is 463 g/mol. The molecule has 166 valence electrons. The highest BCUT2D eigenvalue weighted by Gasteiger charge is 2.12. The van der Waals surface area contributed by atoms with E-state index in [0.717, 1.165) is 38.4 Å². The largest absolute Gasteiger partial charge is 0.489 e. The molecule has 0 saturated heterocycles. The van der Waals surface area contributed by atoms with Crippen LogP contribution >= 0.6 is 11.3 Å². The molecule has 6 rings (SSSR count). The molecule has 4 aromatic carbocycles. The molecule has 0 saturated carbocycles. The van der Waals surface area contributed by atoms with Crippen LogP contribution in [0.25, 0.3) is 32.8 Å². The van der Waals surface area contributed by atoms with Crippen molar-refractivity contribution >= 4 is 44.2 Å². The third kappa shape index (κ3) is 3.55. The Hall–Kier alpha value is -3.96. The number of nitrogens with zero attached hydrogens (tertiary/aromatic N) is 2. The van der Waals surface area contributed by atoms with E-state index < -0.39 is 0 Å². The second-order valence-electron chi connectivity index (χ2n) is 8.57. The molecule has 0 aliphatic carbocycles. The van der Waals surface area contributed by atoms with E-state index in [4.69, 9.17) is 4.74 Å². The lowest BCUT2D eigenvalue weighted by Gasteiger charge is -2.09. The van der Waals surface area contributed by atoms with Crippen molar-refractivity contribution in [3.8, 4) is 5.75 Å². The first kappa shape index (κ1) is 20.6. The van der Waals surface area contributed by atoms with E-state index in [2.05, 4.69) is 49.2 Å². The Morgan fingerprint density at radius 1 is 0.941 bits per heavy atom. The number of benzene rings is 4. The summed E-state index contributed by atoms with van der Waals surface area (Å²) < 4.78 is 8.44. The first-order valence-corrected chi connectivity index (χ1v) is 12.0. The molecule has 4 nitrogen and oxygen atoms in total. The fourth-order valence-corrected chi connectivity index (χ4v) is 5.30. The van der Waals surface area contributed by atoms with Crippen molar-refractivity contribution in [1.29, 1.82) is 0 Å². The maximum atomic E-state index is 13.1. The van der Waals surface area contributed by atoms with Crippen molar-refractivity contribution < 1.29 is 4.74 Å². The summed E-state index contributed by atoms with van der Waals surface area (Å²) in [6, 6.07) is 26.5. The van der Waals surface area contributed by atoms with Crippen LogP contribution < -0.4 is 14.8 Å². The Morgan fingerprint density at radius 3 is 2.56 bits per heavy atom. The number of fused-ring (bicyclic) bond motifs is 4. The molecule has 5 heteroatoms. The summed E-state index contributed by atoms with van der Waals surface area (Å²) in [5, 5.41) is 2.42. The van der Waals surface area contributed by atoms with Gasteiger partial charge < -0.3 is 4.74 Å². The second kappa shape index (κ2) is 8.12. The Bertz CT molecular complexity index is 1790. The first-order valence-electron chi connectivity index (χ1n) is 11.2. The van der Waals surface area contributed by atoms with Gasteiger partial charge in [-0.2, -0.15) is 0 Å². The summed E-state index contributed by atoms with van der Waals surface area (Å²) in [5.41, 5.74) is 6.16. The molecule has 0 bridgehead atoms. The first-order chi connectivity index (χ1) is 16.6. The summed E-state index contributed by atoms with van der Waals surface area (Å²) in [7, 11) is 0. The van der Waals surface area contributed by atoms with E-state index in [1.807, 2.05) is 54.6 Å². The number of imidazole rings is 1. The van der Waals surface area contributed by atoms with E-state index in [1.54, 1.807) is 4.40 Å². The van der Waals surface area contributed by atoms with E-state index in [1.165, 1.54) is 27.7 Å². The SMILES string of the molecule is Cc1cc2nc3s/c(=C\c4ccc(OCc5cccc6ccccc56)cc4)c(=O)n3c2cc1C. The number of ether oxygens (including phenoxy) is 1. The molecule has 2 heterocycles. The molecule has 0 spiro atoms. The minimum Gasteiger partial charge on any atom is -0.489 e. The third-order valence-electron chi connectivity index (χ3n) is 6.31. The lowest BCUT2D eigenvalue weighted by Crippen LogP contribution is -2.22. The van der Waals surface area contributed by atoms with Crippen LogP contribution in [-0.2, 0) is 6.61 Å². The normalized spacial score (nSPS) is 12.2. The number of hydrogen-bond donors (Lipinski definition) is 0. The van der Waals surface area contributed by atoms with Gasteiger partial charge in [-0.25, -0.2) is 9.38 Å². The molecule has 0 radical (unpaired) electrons. The van der Waals surface area contributed by atoms with Crippen LogP contribution in [0.15, 0.2) is 83.7 Å². The van der Waals surface area contributed by atoms with Crippen LogP contribution in [0, 0.1) is 13.8 Å². The summed E-state index contributed by atoms with van der Waals surface area (Å²) in [6.45, 7) is 4.63. The Kier molecular flexibility index (Phi) is 4.93. The topological polar surface area (TPSA) is 43.6 Å². The van der Waals surface area contributed by atoms with Gasteiger partial charge in [-0.1, -0.05) is 65.9 Å². The van der Waals surface area contributed by atoms with Crippen LogP contribution in [-0.4, -0.2) is 9.38 Å². The number of rotatable bonds is 4. The number of thiazole rings is 1. The third-order valence-corrected chi connectivity index (χ3v) is 7.28. The van der Waals surface area contributed by atoms with Gasteiger partial charge in [-0.15, -0.1) is 0 Å². The fourth-order valence-electron chi connectivity index (χ4n) is 4.31. The standard InChI is InChI=1S/C29H22N2O2S/c1-18-14-25-26(15-19(18)2)31-28(32)27(34-29(31)30-25)16-20-10-12-23(13-11-20)33-17-22-8-5-7-21-6-3-4-9-24(21)22/h3-16H,17H2,1-2H3/b27-16-. The molecule has 0 atom stereocenters. The number of aryl methyl sites for hydroxylation is 2. The van der Waals surface area contributed by atoms with Gasteiger partial charge >= 0.3 is 0 Å². The summed E-state index contributed by atoms with van der Waals surface area (Å²) >= 11 is 1.42. The molecule has 34 heavy (non-hydrogen) atoms. The maximum Gasteiger partial charge on any atom is 0.274 e. The Morgan fingerprint density at radius 2 is 1.71 bits per heavy atom. The highest BCUT2D eigenvalue weighted by atomic mass is 32.1. The molecule has 0 unspecified atom stereocenters. The molecule has 6 aromatic rings. The minimum absolute atomic E-state index is 0.0259. The lowest BCUT2D eigenvalue weighted by molar-refractivity contribution is 0.307. The van der Waals surface area contributed by atoms with E-state index in [9.17, 15) is 4.79 Å². The number of hydrogen-bond acceptors (Lipinski definition) is 4. The molecule has 0 aliphatic rings. The van der Waals surface area contributed by atoms with E-state index >= 15 is 0 Å². The van der Waals surface area contributed by atoms with Gasteiger partial charge in [-0.05, 0) is 77.2 Å². The van der Waals surface area contributed by atoms with Crippen molar-refractivity contribution in [2.45, 2.75) is 20.5 Å². The predicted octanol–water partition coefficient (Wildman–Crippen LogP) is 5.81. The predicted molar refractivity (Wildman–Crippen MR) is 140 cm³/mol. The van der Waals surface area contributed by atoms with Crippen LogP contribution in [0.3, 0.4) is 0 Å². The molecule has 0 aliphatic heterocycles. The molecule has 2 aromatic heterocycles.